The molecule has 2 aromatic carbocycles. The highest BCUT2D eigenvalue weighted by Crippen LogP contribution is 2.28. The zero-order valence-corrected chi connectivity index (χ0v) is 15.9. The van der Waals surface area contributed by atoms with E-state index < -0.39 is 0 Å². The van der Waals surface area contributed by atoms with Crippen LogP contribution < -0.4 is 10.2 Å². The van der Waals surface area contributed by atoms with Gasteiger partial charge in [0.1, 0.15) is 0 Å². The van der Waals surface area contributed by atoms with Crippen LogP contribution in [-0.2, 0) is 4.79 Å². The lowest BCUT2D eigenvalue weighted by Crippen LogP contribution is -2.42. The maximum Gasteiger partial charge on any atom is 0.232 e. The minimum absolute atomic E-state index is 0.0541. The number of rotatable bonds is 6. The molecule has 0 aliphatic carbocycles. The van der Waals surface area contributed by atoms with Crippen LogP contribution in [0.25, 0.3) is 0 Å². The minimum Gasteiger partial charge on any atom is -0.353 e. The summed E-state index contributed by atoms with van der Waals surface area (Å²) in [4.78, 5) is 19.9. The van der Waals surface area contributed by atoms with Crippen molar-refractivity contribution in [3.63, 3.8) is 0 Å². The van der Waals surface area contributed by atoms with Gasteiger partial charge in [0.05, 0.1) is 5.92 Å². The van der Waals surface area contributed by atoms with Gasteiger partial charge in [-0.25, -0.2) is 4.98 Å². The van der Waals surface area contributed by atoms with E-state index in [0.29, 0.717) is 12.6 Å². The van der Waals surface area contributed by atoms with Gasteiger partial charge in [0.25, 0.3) is 0 Å². The Bertz CT molecular complexity index is 812. The van der Waals surface area contributed by atoms with E-state index in [1.807, 2.05) is 72.2 Å². The molecule has 0 spiro atoms. The number of aromatic nitrogens is 1. The van der Waals surface area contributed by atoms with E-state index in [1.54, 1.807) is 11.3 Å². The van der Waals surface area contributed by atoms with Crippen LogP contribution in [0, 0.1) is 0 Å². The number of nitrogens with one attached hydrogen (secondary N) is 1. The average Bonchev–Trinajstić information content (AvgIpc) is 3.40. The van der Waals surface area contributed by atoms with Gasteiger partial charge in [0, 0.05) is 30.7 Å². The molecule has 1 aliphatic heterocycles. The van der Waals surface area contributed by atoms with Crippen molar-refractivity contribution in [3.8, 4) is 0 Å². The number of benzene rings is 2. The Hall–Kier alpha value is -2.66. The Labute approximate surface area is 163 Å². The highest BCUT2D eigenvalue weighted by atomic mass is 32.1. The molecule has 1 amide bonds. The lowest BCUT2D eigenvalue weighted by atomic mass is 9.90. The van der Waals surface area contributed by atoms with Gasteiger partial charge in [-0.2, -0.15) is 0 Å². The van der Waals surface area contributed by atoms with Gasteiger partial charge >= 0.3 is 0 Å². The van der Waals surface area contributed by atoms with Crippen molar-refractivity contribution in [3.05, 3.63) is 83.4 Å². The number of carbonyl (C=O) groups is 1. The van der Waals surface area contributed by atoms with Crippen LogP contribution >= 0.6 is 11.3 Å². The summed E-state index contributed by atoms with van der Waals surface area (Å²) in [7, 11) is 0. The van der Waals surface area contributed by atoms with E-state index in [1.165, 1.54) is 0 Å². The maximum atomic E-state index is 13.2. The summed E-state index contributed by atoms with van der Waals surface area (Å²) in [5, 5.41) is 6.26. The molecule has 1 fully saturated rings. The van der Waals surface area contributed by atoms with Gasteiger partial charge in [0.15, 0.2) is 5.13 Å². The molecule has 138 valence electrons. The van der Waals surface area contributed by atoms with Gasteiger partial charge in [-0.15, -0.1) is 11.3 Å². The van der Waals surface area contributed by atoms with E-state index >= 15 is 0 Å². The third-order valence-corrected chi connectivity index (χ3v) is 5.89. The van der Waals surface area contributed by atoms with Gasteiger partial charge < -0.3 is 10.2 Å². The molecule has 1 aliphatic rings. The molecule has 1 saturated heterocycles. The lowest BCUT2D eigenvalue weighted by Gasteiger charge is -2.25. The Balaban J connectivity index is 1.49. The number of thiazole rings is 1. The maximum absolute atomic E-state index is 13.2. The van der Waals surface area contributed by atoms with E-state index in [0.717, 1.165) is 35.6 Å². The van der Waals surface area contributed by atoms with Crippen molar-refractivity contribution in [1.82, 2.24) is 10.3 Å². The van der Waals surface area contributed by atoms with E-state index in [-0.39, 0.29) is 11.8 Å². The normalized spacial score (nSPS) is 16.6. The van der Waals surface area contributed by atoms with E-state index in [2.05, 4.69) is 15.2 Å². The first-order chi connectivity index (χ1) is 13.3. The second-order valence-corrected chi connectivity index (χ2v) is 7.68. The smallest absolute Gasteiger partial charge is 0.232 e. The van der Waals surface area contributed by atoms with Crippen molar-refractivity contribution in [2.24, 2.45) is 0 Å². The largest absolute Gasteiger partial charge is 0.353 e. The van der Waals surface area contributed by atoms with Gasteiger partial charge in [-0.1, -0.05) is 60.7 Å². The molecule has 1 N–H and O–H groups in total. The predicted octanol–water partition coefficient (Wildman–Crippen LogP) is 4.06. The lowest BCUT2D eigenvalue weighted by molar-refractivity contribution is -0.121. The molecular formula is C22H23N3OS. The van der Waals surface area contributed by atoms with Crippen LogP contribution in [0.2, 0.25) is 0 Å². The molecule has 3 aromatic rings. The first kappa shape index (κ1) is 17.7. The summed E-state index contributed by atoms with van der Waals surface area (Å²) in [6.07, 6.45) is 4.07. The number of anilines is 1. The van der Waals surface area contributed by atoms with Gasteiger partial charge in [-0.05, 0) is 24.0 Å². The average molecular weight is 378 g/mol. The van der Waals surface area contributed by atoms with Crippen LogP contribution in [0.4, 0.5) is 5.13 Å². The summed E-state index contributed by atoms with van der Waals surface area (Å²) in [6, 6.07) is 20.3. The van der Waals surface area contributed by atoms with E-state index in [4.69, 9.17) is 0 Å². The molecule has 4 nitrogen and oxygen atoms in total. The molecule has 27 heavy (non-hydrogen) atoms. The Morgan fingerprint density at radius 2 is 1.78 bits per heavy atom. The monoisotopic (exact) mass is 377 g/mol. The zero-order chi connectivity index (χ0) is 18.5. The Morgan fingerprint density at radius 3 is 2.37 bits per heavy atom. The number of hydrogen-bond acceptors (Lipinski definition) is 4. The first-order valence-corrected chi connectivity index (χ1v) is 10.2. The summed E-state index contributed by atoms with van der Waals surface area (Å²) in [6.45, 7) is 1.66. The molecule has 2 heterocycles. The molecule has 0 radical (unpaired) electrons. The van der Waals surface area contributed by atoms with Crippen LogP contribution in [0.15, 0.2) is 72.2 Å². The van der Waals surface area contributed by atoms with Crippen molar-refractivity contribution in [2.45, 2.75) is 24.8 Å². The van der Waals surface area contributed by atoms with E-state index in [9.17, 15) is 4.79 Å². The molecule has 5 heteroatoms. The quantitative estimate of drug-likeness (QED) is 0.705. The third kappa shape index (κ3) is 4.03. The Kier molecular flexibility index (Phi) is 5.49. The minimum atomic E-state index is -0.290. The molecular weight excluding hydrogens is 354 g/mol. The summed E-state index contributed by atoms with van der Waals surface area (Å²) in [5.74, 6) is -0.236. The number of nitrogens with zero attached hydrogens (tertiary/aromatic N) is 2. The fourth-order valence-corrected chi connectivity index (χ4v) is 4.51. The number of hydrogen-bond donors (Lipinski definition) is 1. The first-order valence-electron chi connectivity index (χ1n) is 9.36. The molecule has 0 saturated carbocycles. The van der Waals surface area contributed by atoms with Crippen molar-refractivity contribution < 1.29 is 4.79 Å². The van der Waals surface area contributed by atoms with Crippen LogP contribution in [0.1, 0.15) is 29.9 Å². The second-order valence-electron chi connectivity index (χ2n) is 6.80. The Morgan fingerprint density at radius 1 is 1.11 bits per heavy atom. The SMILES string of the molecule is O=C(NCC1CCCN1c1nccs1)C(c1ccccc1)c1ccccc1. The highest BCUT2D eigenvalue weighted by molar-refractivity contribution is 7.13. The summed E-state index contributed by atoms with van der Waals surface area (Å²) < 4.78 is 0. The highest BCUT2D eigenvalue weighted by Gasteiger charge is 2.28. The predicted molar refractivity (Wildman–Crippen MR) is 110 cm³/mol. The standard InChI is InChI=1S/C22H23N3OS/c26-21(24-16-19-12-7-14-25(19)22-23-13-15-27-22)20(17-8-3-1-4-9-17)18-10-5-2-6-11-18/h1-6,8-11,13,15,19-20H,7,12,14,16H2,(H,24,26). The van der Waals surface area contributed by atoms with Gasteiger partial charge in [0.2, 0.25) is 5.91 Å². The van der Waals surface area contributed by atoms with Crippen LogP contribution in [0.5, 0.6) is 0 Å². The number of carbonyl (C=O) groups excluding carboxylic acids is 1. The van der Waals surface area contributed by atoms with Crippen molar-refractivity contribution in [1.29, 1.82) is 0 Å². The molecule has 1 aromatic heterocycles. The zero-order valence-electron chi connectivity index (χ0n) is 15.1. The molecule has 4 rings (SSSR count). The van der Waals surface area contributed by atoms with Crippen molar-refractivity contribution >= 4 is 22.4 Å². The van der Waals surface area contributed by atoms with Crippen molar-refractivity contribution in [2.75, 3.05) is 18.0 Å². The molecule has 1 atom stereocenters. The summed E-state index contributed by atoms with van der Waals surface area (Å²) in [5.41, 5.74) is 2.04. The fraction of sp³-hybridized carbons (Fsp3) is 0.273. The topological polar surface area (TPSA) is 45.2 Å². The molecule has 1 unspecified atom stereocenters. The third-order valence-electron chi connectivity index (χ3n) is 5.08. The molecule has 0 bridgehead atoms. The van der Waals surface area contributed by atoms with Crippen LogP contribution in [0.3, 0.4) is 0 Å². The number of amides is 1. The van der Waals surface area contributed by atoms with Crippen LogP contribution in [-0.4, -0.2) is 30.0 Å². The fourth-order valence-electron chi connectivity index (χ4n) is 3.76. The summed E-state index contributed by atoms with van der Waals surface area (Å²) >= 11 is 1.66. The second kappa shape index (κ2) is 8.35. The van der Waals surface area contributed by atoms with Gasteiger partial charge in [-0.3, -0.25) is 4.79 Å².